The van der Waals surface area contributed by atoms with Crippen LogP contribution in [0.5, 0.6) is 11.5 Å². The molecule has 1 aliphatic heterocycles. The third-order valence-electron chi connectivity index (χ3n) is 7.80. The Balaban J connectivity index is 1.79. The van der Waals surface area contributed by atoms with Crippen LogP contribution in [-0.2, 0) is 23.9 Å². The maximum absolute atomic E-state index is 13.4. The van der Waals surface area contributed by atoms with Crippen LogP contribution in [-0.4, -0.2) is 48.0 Å². The van der Waals surface area contributed by atoms with Crippen LogP contribution in [0.25, 0.3) is 0 Å². The Morgan fingerprint density at radius 2 is 1.74 bits per heavy atom. The van der Waals surface area contributed by atoms with E-state index in [1.807, 2.05) is 0 Å². The predicted molar refractivity (Wildman–Crippen MR) is 143 cm³/mol. The normalized spacial score (nSPS) is 24.6. The van der Waals surface area contributed by atoms with Crippen molar-refractivity contribution in [3.8, 4) is 11.5 Å². The SMILES string of the molecule is COc1ccnc(C(=O)C[C@H]2CCCC[C@H](CC3CCCC3)[C@@H](OC(=O)C(C)C)[C@H](C)OC2=O)c1OC(C)=O. The van der Waals surface area contributed by atoms with Crippen molar-refractivity contribution >= 4 is 23.7 Å². The number of cyclic esters (lactones) is 1. The second kappa shape index (κ2) is 14.4. The first-order valence-corrected chi connectivity index (χ1v) is 14.3. The van der Waals surface area contributed by atoms with Crippen LogP contribution >= 0.6 is 0 Å². The lowest BCUT2D eigenvalue weighted by molar-refractivity contribution is -0.177. The van der Waals surface area contributed by atoms with E-state index in [0.29, 0.717) is 12.3 Å². The summed E-state index contributed by atoms with van der Waals surface area (Å²) in [4.78, 5) is 55.1. The number of carbonyl (C=O) groups excluding carboxylic acids is 4. The van der Waals surface area contributed by atoms with E-state index in [1.165, 1.54) is 52.0 Å². The molecule has 0 bridgehead atoms. The van der Waals surface area contributed by atoms with Gasteiger partial charge in [-0.3, -0.25) is 19.2 Å². The first-order valence-electron chi connectivity index (χ1n) is 14.3. The molecule has 216 valence electrons. The van der Waals surface area contributed by atoms with Crippen molar-refractivity contribution in [2.45, 2.75) is 104 Å². The highest BCUT2D eigenvalue weighted by atomic mass is 16.6. The van der Waals surface area contributed by atoms with E-state index in [9.17, 15) is 19.2 Å². The fraction of sp³-hybridized carbons (Fsp3) is 0.700. The third kappa shape index (κ3) is 8.51. The fourth-order valence-electron chi connectivity index (χ4n) is 5.74. The predicted octanol–water partition coefficient (Wildman–Crippen LogP) is 5.47. The van der Waals surface area contributed by atoms with Gasteiger partial charge in [0.15, 0.2) is 17.2 Å². The molecule has 1 aliphatic carbocycles. The van der Waals surface area contributed by atoms with Gasteiger partial charge in [0.05, 0.1) is 18.9 Å². The zero-order valence-corrected chi connectivity index (χ0v) is 23.9. The van der Waals surface area contributed by atoms with E-state index in [2.05, 4.69) is 4.98 Å². The van der Waals surface area contributed by atoms with E-state index in [0.717, 1.165) is 25.7 Å². The zero-order valence-electron chi connectivity index (χ0n) is 23.9. The van der Waals surface area contributed by atoms with Crippen LogP contribution in [0.15, 0.2) is 12.3 Å². The van der Waals surface area contributed by atoms with Gasteiger partial charge in [0.25, 0.3) is 0 Å². The van der Waals surface area contributed by atoms with Gasteiger partial charge < -0.3 is 18.9 Å². The average molecular weight is 546 g/mol. The molecule has 0 aromatic carbocycles. The highest BCUT2D eigenvalue weighted by Crippen LogP contribution is 2.37. The number of rotatable bonds is 9. The molecule has 9 nitrogen and oxygen atoms in total. The van der Waals surface area contributed by atoms with Crippen LogP contribution in [0.3, 0.4) is 0 Å². The summed E-state index contributed by atoms with van der Waals surface area (Å²) in [7, 11) is 1.40. The Labute approximate surface area is 231 Å². The molecule has 0 spiro atoms. The summed E-state index contributed by atoms with van der Waals surface area (Å²) in [6.45, 7) is 6.59. The minimum atomic E-state index is -0.703. The molecule has 1 aromatic rings. The van der Waals surface area contributed by atoms with Crippen molar-refractivity contribution < 1.29 is 38.1 Å². The minimum Gasteiger partial charge on any atom is -0.493 e. The first kappa shape index (κ1) is 30.6. The number of methoxy groups -OCH3 is 1. The summed E-state index contributed by atoms with van der Waals surface area (Å²) in [6, 6.07) is 1.50. The molecule has 39 heavy (non-hydrogen) atoms. The van der Waals surface area contributed by atoms with Gasteiger partial charge in [0.1, 0.15) is 12.2 Å². The summed E-state index contributed by atoms with van der Waals surface area (Å²) in [6.07, 6.45) is 8.80. The minimum absolute atomic E-state index is 0.0606. The molecule has 2 aliphatic rings. The molecule has 3 rings (SSSR count). The largest absolute Gasteiger partial charge is 0.493 e. The lowest BCUT2D eigenvalue weighted by Gasteiger charge is -2.35. The highest BCUT2D eigenvalue weighted by Gasteiger charge is 2.38. The van der Waals surface area contributed by atoms with Gasteiger partial charge >= 0.3 is 17.9 Å². The zero-order chi connectivity index (χ0) is 28.5. The summed E-state index contributed by atoms with van der Waals surface area (Å²) >= 11 is 0. The number of aromatic nitrogens is 1. The number of ketones is 1. The molecule has 4 atom stereocenters. The Bertz CT molecular complexity index is 1020. The molecule has 1 saturated heterocycles. The van der Waals surface area contributed by atoms with Gasteiger partial charge in [-0.1, -0.05) is 52.4 Å². The van der Waals surface area contributed by atoms with E-state index in [4.69, 9.17) is 18.9 Å². The summed E-state index contributed by atoms with van der Waals surface area (Å²) in [5.41, 5.74) is -0.0668. The number of esters is 3. The van der Waals surface area contributed by atoms with Crippen LogP contribution in [0.4, 0.5) is 0 Å². The van der Waals surface area contributed by atoms with E-state index >= 15 is 0 Å². The molecule has 0 radical (unpaired) electrons. The molecule has 0 unspecified atom stereocenters. The number of hydrogen-bond acceptors (Lipinski definition) is 9. The van der Waals surface area contributed by atoms with Gasteiger partial charge in [0.2, 0.25) is 5.75 Å². The maximum atomic E-state index is 13.4. The van der Waals surface area contributed by atoms with Crippen molar-refractivity contribution in [1.82, 2.24) is 4.98 Å². The van der Waals surface area contributed by atoms with Gasteiger partial charge in [-0.25, -0.2) is 4.98 Å². The second-order valence-corrected chi connectivity index (χ2v) is 11.2. The smallest absolute Gasteiger partial charge is 0.309 e. The van der Waals surface area contributed by atoms with Crippen molar-refractivity contribution in [2.75, 3.05) is 7.11 Å². The Morgan fingerprint density at radius 1 is 1.08 bits per heavy atom. The Morgan fingerprint density at radius 3 is 2.38 bits per heavy atom. The molecule has 0 amide bonds. The lowest BCUT2D eigenvalue weighted by Crippen LogP contribution is -2.42. The topological polar surface area (TPSA) is 118 Å². The molecule has 9 heteroatoms. The van der Waals surface area contributed by atoms with E-state index in [-0.39, 0.29) is 41.4 Å². The van der Waals surface area contributed by atoms with Gasteiger partial charge in [-0.15, -0.1) is 0 Å². The van der Waals surface area contributed by atoms with Crippen molar-refractivity contribution in [3.63, 3.8) is 0 Å². The van der Waals surface area contributed by atoms with Crippen LogP contribution in [0.1, 0.15) is 102 Å². The van der Waals surface area contributed by atoms with Crippen LogP contribution in [0.2, 0.25) is 0 Å². The molecular formula is C30H43NO8. The third-order valence-corrected chi connectivity index (χ3v) is 7.80. The molecule has 0 N–H and O–H groups in total. The number of ether oxygens (including phenoxy) is 4. The number of nitrogens with zero attached hydrogens (tertiary/aromatic N) is 1. The lowest BCUT2D eigenvalue weighted by atomic mass is 9.82. The maximum Gasteiger partial charge on any atom is 0.309 e. The standard InChI is InChI=1S/C30H43NO8/c1-18(2)29(34)39-27-19(3)37-30(35)23(13-9-8-12-22(27)16-21-10-6-7-11-21)17-24(33)26-28(38-20(4)32)25(36-5)14-15-31-26/h14-15,18-19,21-23,27H,6-13,16-17H2,1-5H3/t19-,22+,23+,27-/m0/s1. The number of Topliss-reactive ketones (excluding diaryl/α,β-unsaturated/α-hetero) is 1. The highest BCUT2D eigenvalue weighted by molar-refractivity contribution is 6.00. The van der Waals surface area contributed by atoms with E-state index < -0.39 is 35.8 Å². The monoisotopic (exact) mass is 545 g/mol. The summed E-state index contributed by atoms with van der Waals surface area (Å²) in [5.74, 6) is -1.99. The van der Waals surface area contributed by atoms with Crippen molar-refractivity contribution in [1.29, 1.82) is 0 Å². The molecule has 1 aromatic heterocycles. The molecule has 2 heterocycles. The first-order chi connectivity index (χ1) is 18.6. The molecule has 1 saturated carbocycles. The number of pyridine rings is 1. The van der Waals surface area contributed by atoms with Crippen LogP contribution < -0.4 is 9.47 Å². The summed E-state index contributed by atoms with van der Waals surface area (Å²) < 4.78 is 22.4. The number of hydrogen-bond donors (Lipinski definition) is 0. The molecular weight excluding hydrogens is 502 g/mol. The molecule has 2 fully saturated rings. The van der Waals surface area contributed by atoms with Crippen molar-refractivity contribution in [2.24, 2.45) is 23.7 Å². The van der Waals surface area contributed by atoms with Gasteiger partial charge in [-0.2, -0.15) is 0 Å². The van der Waals surface area contributed by atoms with Crippen LogP contribution in [0, 0.1) is 23.7 Å². The second-order valence-electron chi connectivity index (χ2n) is 11.2. The Hall–Kier alpha value is -2.97. The quantitative estimate of drug-likeness (QED) is 0.294. The fourth-order valence-corrected chi connectivity index (χ4v) is 5.74. The van der Waals surface area contributed by atoms with E-state index in [1.54, 1.807) is 20.8 Å². The van der Waals surface area contributed by atoms with Crippen molar-refractivity contribution in [3.05, 3.63) is 18.0 Å². The Kier molecular flexibility index (Phi) is 11.3. The number of carbonyl (C=O) groups is 4. The summed E-state index contributed by atoms with van der Waals surface area (Å²) in [5, 5.41) is 0. The van der Waals surface area contributed by atoms with Gasteiger partial charge in [0, 0.05) is 25.6 Å². The average Bonchev–Trinajstić information content (AvgIpc) is 3.40. The van der Waals surface area contributed by atoms with Gasteiger partial charge in [-0.05, 0) is 38.0 Å².